The van der Waals surface area contributed by atoms with Gasteiger partial charge in [-0.2, -0.15) is 15.0 Å². The van der Waals surface area contributed by atoms with Gasteiger partial charge in [0, 0.05) is 7.05 Å². The third kappa shape index (κ3) is 3.43. The number of rotatable bonds is 6. The molecule has 7 nitrogen and oxygen atoms in total. The van der Waals surface area contributed by atoms with Gasteiger partial charge in [0.05, 0.1) is 18.8 Å². The maximum absolute atomic E-state index is 9.33. The van der Waals surface area contributed by atoms with Crippen molar-refractivity contribution in [3.05, 3.63) is 0 Å². The van der Waals surface area contributed by atoms with Gasteiger partial charge in [-0.1, -0.05) is 6.92 Å². The highest BCUT2D eigenvalue weighted by atomic mass is 16.5. The Bertz CT molecular complexity index is 397. The van der Waals surface area contributed by atoms with Crippen LogP contribution in [0.4, 0.5) is 11.9 Å². The Balaban J connectivity index is 2.98. The molecule has 3 N–H and O–H groups in total. The number of hydrogen-bond donors (Lipinski definition) is 2. The molecule has 1 rings (SSSR count). The minimum Gasteiger partial charge on any atom is -0.463 e. The number of ether oxygens (including phenoxy) is 1. The van der Waals surface area contributed by atoms with Crippen molar-refractivity contribution in [2.24, 2.45) is 0 Å². The maximum atomic E-state index is 9.33. The number of aromatic nitrogens is 3. The molecule has 0 unspecified atom stereocenters. The van der Waals surface area contributed by atoms with E-state index in [9.17, 15) is 5.11 Å². The summed E-state index contributed by atoms with van der Waals surface area (Å²) in [4.78, 5) is 13.9. The summed E-state index contributed by atoms with van der Waals surface area (Å²) in [6.45, 7) is 6.24. The van der Waals surface area contributed by atoms with Crippen molar-refractivity contribution < 1.29 is 9.84 Å². The number of likely N-dealkylation sites (N-methyl/N-ethyl adjacent to an activating group) is 1. The lowest BCUT2D eigenvalue weighted by Gasteiger charge is -2.33. The van der Waals surface area contributed by atoms with Gasteiger partial charge >= 0.3 is 6.01 Å². The van der Waals surface area contributed by atoms with E-state index in [2.05, 4.69) is 15.0 Å². The summed E-state index contributed by atoms with van der Waals surface area (Å²) >= 11 is 0. The number of aliphatic hydroxyl groups excluding tert-OH is 1. The number of nitrogens with two attached hydrogens (primary N) is 1. The number of nitrogen functional groups attached to an aromatic ring is 1. The molecular formula is C11H21N5O2. The van der Waals surface area contributed by atoms with Crippen molar-refractivity contribution >= 4 is 11.9 Å². The van der Waals surface area contributed by atoms with Gasteiger partial charge in [0.1, 0.15) is 0 Å². The summed E-state index contributed by atoms with van der Waals surface area (Å²) < 4.78 is 5.34. The second-order valence-corrected chi connectivity index (χ2v) is 4.65. The molecule has 0 spiro atoms. The summed E-state index contributed by atoms with van der Waals surface area (Å²) in [6.07, 6.45) is 0.860. The zero-order chi connectivity index (χ0) is 13.8. The van der Waals surface area contributed by atoms with Crippen LogP contribution in [0.15, 0.2) is 0 Å². The highest BCUT2D eigenvalue weighted by molar-refractivity contribution is 5.37. The van der Waals surface area contributed by atoms with Crippen LogP contribution in [-0.4, -0.2) is 45.9 Å². The van der Waals surface area contributed by atoms with E-state index in [1.165, 1.54) is 0 Å². The second-order valence-electron chi connectivity index (χ2n) is 4.65. The molecule has 0 atom stereocenters. The fourth-order valence-corrected chi connectivity index (χ4v) is 1.15. The molecule has 0 aromatic carbocycles. The topological polar surface area (TPSA) is 97.4 Å². The van der Waals surface area contributed by atoms with E-state index in [1.807, 2.05) is 20.8 Å². The Morgan fingerprint density at radius 2 is 2.00 bits per heavy atom. The molecule has 0 amide bonds. The number of hydrogen-bond acceptors (Lipinski definition) is 7. The van der Waals surface area contributed by atoms with E-state index < -0.39 is 5.54 Å². The molecule has 0 fully saturated rings. The van der Waals surface area contributed by atoms with Crippen LogP contribution in [0.25, 0.3) is 0 Å². The van der Waals surface area contributed by atoms with Crippen molar-refractivity contribution in [2.45, 2.75) is 32.7 Å². The Labute approximate surface area is 107 Å². The zero-order valence-electron chi connectivity index (χ0n) is 11.3. The predicted molar refractivity (Wildman–Crippen MR) is 69.6 cm³/mol. The van der Waals surface area contributed by atoms with E-state index in [0.717, 1.165) is 6.42 Å². The standard InChI is InChI=1S/C11H21N5O2/c1-5-6-18-10-14-8(12)13-9(15-10)16(4)11(2,3)7-17/h17H,5-7H2,1-4H3,(H2,12,13,14,15). The van der Waals surface area contributed by atoms with Crippen LogP contribution < -0.4 is 15.4 Å². The van der Waals surface area contributed by atoms with Crippen LogP contribution in [0.3, 0.4) is 0 Å². The monoisotopic (exact) mass is 255 g/mol. The summed E-state index contributed by atoms with van der Waals surface area (Å²) in [7, 11) is 1.79. The first kappa shape index (κ1) is 14.4. The van der Waals surface area contributed by atoms with Crippen LogP contribution in [0.1, 0.15) is 27.2 Å². The second kappa shape index (κ2) is 5.81. The molecular weight excluding hydrogens is 234 g/mol. The molecule has 7 heteroatoms. The molecule has 102 valence electrons. The van der Waals surface area contributed by atoms with E-state index in [4.69, 9.17) is 10.5 Å². The Kier molecular flexibility index (Phi) is 4.66. The van der Waals surface area contributed by atoms with Crippen molar-refractivity contribution in [2.75, 3.05) is 30.9 Å². The maximum Gasteiger partial charge on any atom is 0.323 e. The Hall–Kier alpha value is -1.63. The normalized spacial score (nSPS) is 11.4. The van der Waals surface area contributed by atoms with Crippen LogP contribution in [0.5, 0.6) is 6.01 Å². The third-order valence-corrected chi connectivity index (χ3v) is 2.65. The van der Waals surface area contributed by atoms with E-state index in [-0.39, 0.29) is 18.6 Å². The van der Waals surface area contributed by atoms with Crippen LogP contribution in [0, 0.1) is 0 Å². The van der Waals surface area contributed by atoms with Crippen molar-refractivity contribution in [3.8, 4) is 6.01 Å². The van der Waals surface area contributed by atoms with Crippen molar-refractivity contribution in [1.82, 2.24) is 15.0 Å². The van der Waals surface area contributed by atoms with E-state index in [1.54, 1.807) is 11.9 Å². The zero-order valence-corrected chi connectivity index (χ0v) is 11.3. The van der Waals surface area contributed by atoms with Crippen molar-refractivity contribution in [1.29, 1.82) is 0 Å². The van der Waals surface area contributed by atoms with Crippen LogP contribution >= 0.6 is 0 Å². The number of anilines is 2. The van der Waals surface area contributed by atoms with Gasteiger partial charge in [-0.15, -0.1) is 0 Å². The van der Waals surface area contributed by atoms with E-state index >= 15 is 0 Å². The fourth-order valence-electron chi connectivity index (χ4n) is 1.15. The van der Waals surface area contributed by atoms with Gasteiger partial charge in [-0.05, 0) is 20.3 Å². The first-order valence-corrected chi connectivity index (χ1v) is 5.89. The lowest BCUT2D eigenvalue weighted by Crippen LogP contribution is -2.45. The summed E-state index contributed by atoms with van der Waals surface area (Å²) in [5.41, 5.74) is 5.13. The first-order valence-electron chi connectivity index (χ1n) is 5.89. The quantitative estimate of drug-likeness (QED) is 0.761. The molecule has 1 aromatic rings. The van der Waals surface area contributed by atoms with Gasteiger partial charge in [0.2, 0.25) is 11.9 Å². The smallest absolute Gasteiger partial charge is 0.323 e. The Morgan fingerprint density at radius 1 is 1.33 bits per heavy atom. The highest BCUT2D eigenvalue weighted by Gasteiger charge is 2.25. The minimum absolute atomic E-state index is 0.0275. The molecule has 0 aliphatic heterocycles. The van der Waals surface area contributed by atoms with Gasteiger partial charge in [-0.25, -0.2) is 0 Å². The fraction of sp³-hybridized carbons (Fsp3) is 0.727. The first-order chi connectivity index (χ1) is 8.40. The van der Waals surface area contributed by atoms with Gasteiger partial charge in [0.25, 0.3) is 0 Å². The SMILES string of the molecule is CCCOc1nc(N)nc(N(C)C(C)(C)CO)n1. The molecule has 0 saturated carbocycles. The average Bonchev–Trinajstić information content (AvgIpc) is 2.34. The molecule has 0 bridgehead atoms. The van der Waals surface area contributed by atoms with Gasteiger partial charge < -0.3 is 20.5 Å². The summed E-state index contributed by atoms with van der Waals surface area (Å²) in [6, 6.07) is 0.208. The lowest BCUT2D eigenvalue weighted by atomic mass is 10.1. The van der Waals surface area contributed by atoms with Crippen molar-refractivity contribution in [3.63, 3.8) is 0 Å². The molecule has 0 aliphatic carbocycles. The molecule has 1 aromatic heterocycles. The van der Waals surface area contributed by atoms with Crippen LogP contribution in [-0.2, 0) is 0 Å². The van der Waals surface area contributed by atoms with Gasteiger partial charge in [-0.3, -0.25) is 0 Å². The summed E-state index contributed by atoms with van der Waals surface area (Å²) in [5, 5.41) is 9.33. The number of nitrogens with zero attached hydrogens (tertiary/aromatic N) is 4. The molecule has 0 radical (unpaired) electrons. The van der Waals surface area contributed by atoms with E-state index in [0.29, 0.717) is 12.6 Å². The largest absolute Gasteiger partial charge is 0.463 e. The molecule has 0 saturated heterocycles. The molecule has 1 heterocycles. The highest BCUT2D eigenvalue weighted by Crippen LogP contribution is 2.20. The lowest BCUT2D eigenvalue weighted by molar-refractivity contribution is 0.214. The number of aliphatic hydroxyl groups is 1. The molecule has 18 heavy (non-hydrogen) atoms. The summed E-state index contributed by atoms with van der Waals surface area (Å²) in [5.74, 6) is 0.486. The predicted octanol–water partition coefficient (Wildman–Crippen LogP) is 0.450. The van der Waals surface area contributed by atoms with Gasteiger partial charge in [0.15, 0.2) is 0 Å². The Morgan fingerprint density at radius 3 is 2.56 bits per heavy atom. The third-order valence-electron chi connectivity index (χ3n) is 2.65. The average molecular weight is 255 g/mol. The minimum atomic E-state index is -0.490. The van der Waals surface area contributed by atoms with Crippen LogP contribution in [0.2, 0.25) is 0 Å². The molecule has 0 aliphatic rings.